The van der Waals surface area contributed by atoms with Crippen LogP contribution in [-0.2, 0) is 4.79 Å². The molecule has 0 fully saturated rings. The van der Waals surface area contributed by atoms with Crippen LogP contribution in [0.1, 0.15) is 0 Å². The van der Waals surface area contributed by atoms with E-state index in [2.05, 4.69) is 10.3 Å². The van der Waals surface area contributed by atoms with E-state index >= 15 is 0 Å². The lowest BCUT2D eigenvalue weighted by Gasteiger charge is -2.05. The predicted molar refractivity (Wildman–Crippen MR) is 109 cm³/mol. The molecule has 0 aliphatic rings. The number of nitrogens with zero attached hydrogens (tertiary/aromatic N) is 1. The van der Waals surface area contributed by atoms with Gasteiger partial charge in [-0.2, -0.15) is 0 Å². The fourth-order valence-electron chi connectivity index (χ4n) is 2.40. The first-order valence-corrected chi connectivity index (χ1v) is 10.5. The van der Waals surface area contributed by atoms with Gasteiger partial charge in [0, 0.05) is 10.5 Å². The number of nitrogens with one attached hydrogen (secondary N) is 1. The van der Waals surface area contributed by atoms with Crippen LogP contribution >= 0.6 is 34.4 Å². The van der Waals surface area contributed by atoms with E-state index in [1.807, 2.05) is 35.7 Å². The third-order valence-corrected chi connectivity index (χ3v) is 6.54. The minimum absolute atomic E-state index is 0.0934. The number of para-hydroxylation sites is 1. The molecule has 0 spiro atoms. The molecule has 2 aromatic carbocycles. The lowest BCUT2D eigenvalue weighted by Crippen LogP contribution is -2.13. The van der Waals surface area contributed by atoms with Gasteiger partial charge in [0.15, 0.2) is 0 Å². The molecule has 0 bridgehead atoms. The fourth-order valence-corrected chi connectivity index (χ4v) is 4.97. The molecule has 0 atom stereocenters. The number of anilines is 1. The Morgan fingerprint density at radius 1 is 1.12 bits per heavy atom. The Bertz CT molecular complexity index is 1020. The Labute approximate surface area is 161 Å². The second-order valence-corrected chi connectivity index (χ2v) is 8.44. The SMILES string of the molecule is O=C(CSc1ccc(F)cc1)Nc1sccc1-c1nc2ccccc2s1. The van der Waals surface area contributed by atoms with Crippen molar-refractivity contribution in [1.82, 2.24) is 4.98 Å². The molecule has 26 heavy (non-hydrogen) atoms. The molecule has 2 aromatic heterocycles. The quantitative estimate of drug-likeness (QED) is 0.424. The van der Waals surface area contributed by atoms with Crippen LogP contribution in [0.4, 0.5) is 9.39 Å². The summed E-state index contributed by atoms with van der Waals surface area (Å²) in [5.41, 5.74) is 1.90. The number of thiazole rings is 1. The van der Waals surface area contributed by atoms with Gasteiger partial charge < -0.3 is 5.32 Å². The van der Waals surface area contributed by atoms with Gasteiger partial charge in [0.2, 0.25) is 5.91 Å². The Balaban J connectivity index is 1.46. The van der Waals surface area contributed by atoms with Crippen LogP contribution in [0.3, 0.4) is 0 Å². The normalized spacial score (nSPS) is 11.0. The Morgan fingerprint density at radius 3 is 2.73 bits per heavy atom. The number of rotatable bonds is 5. The summed E-state index contributed by atoms with van der Waals surface area (Å²) >= 11 is 4.47. The molecule has 1 N–H and O–H groups in total. The minimum atomic E-state index is -0.280. The molecule has 0 aliphatic carbocycles. The molecular formula is C19H13FN2OS3. The van der Waals surface area contributed by atoms with E-state index in [-0.39, 0.29) is 17.5 Å². The molecule has 0 aliphatic heterocycles. The number of thiophene rings is 1. The molecule has 0 radical (unpaired) electrons. The van der Waals surface area contributed by atoms with Gasteiger partial charge in [0.25, 0.3) is 0 Å². The van der Waals surface area contributed by atoms with E-state index in [1.165, 1.54) is 35.2 Å². The van der Waals surface area contributed by atoms with Crippen molar-refractivity contribution in [2.45, 2.75) is 4.90 Å². The van der Waals surface area contributed by atoms with E-state index in [9.17, 15) is 9.18 Å². The minimum Gasteiger partial charge on any atom is -0.316 e. The Hall–Kier alpha value is -2.22. The third kappa shape index (κ3) is 3.80. The number of fused-ring (bicyclic) bond motifs is 1. The second-order valence-electron chi connectivity index (χ2n) is 5.44. The number of halogens is 1. The molecule has 1 amide bonds. The summed E-state index contributed by atoms with van der Waals surface area (Å²) < 4.78 is 14.1. The lowest BCUT2D eigenvalue weighted by molar-refractivity contribution is -0.113. The summed E-state index contributed by atoms with van der Waals surface area (Å²) in [6, 6.07) is 16.1. The molecule has 7 heteroatoms. The summed E-state index contributed by atoms with van der Waals surface area (Å²) in [6.07, 6.45) is 0. The summed E-state index contributed by atoms with van der Waals surface area (Å²) in [5, 5.41) is 6.61. The molecule has 2 heterocycles. The number of hydrogen-bond acceptors (Lipinski definition) is 5. The van der Waals surface area contributed by atoms with Gasteiger partial charge in [-0.15, -0.1) is 34.4 Å². The van der Waals surface area contributed by atoms with Gasteiger partial charge in [-0.1, -0.05) is 12.1 Å². The van der Waals surface area contributed by atoms with Crippen LogP contribution in [-0.4, -0.2) is 16.6 Å². The zero-order valence-corrected chi connectivity index (χ0v) is 15.9. The van der Waals surface area contributed by atoms with E-state index in [4.69, 9.17) is 0 Å². The van der Waals surface area contributed by atoms with Gasteiger partial charge in [0.1, 0.15) is 15.8 Å². The summed E-state index contributed by atoms with van der Waals surface area (Å²) in [5.74, 6) is -0.106. The maximum Gasteiger partial charge on any atom is 0.235 e. The van der Waals surface area contributed by atoms with Gasteiger partial charge in [-0.05, 0) is 47.8 Å². The van der Waals surface area contributed by atoms with Gasteiger partial charge >= 0.3 is 0 Å². The molecule has 4 aromatic rings. The maximum atomic E-state index is 12.9. The standard InChI is InChI=1S/C19H13FN2OS3/c20-12-5-7-13(8-6-12)25-11-17(23)22-18-14(9-10-24-18)19-21-15-3-1-2-4-16(15)26-19/h1-10H,11H2,(H,22,23). The second kappa shape index (κ2) is 7.57. The van der Waals surface area contributed by atoms with E-state index in [0.29, 0.717) is 0 Å². The average Bonchev–Trinajstić information content (AvgIpc) is 3.27. The predicted octanol–water partition coefficient (Wildman–Crippen LogP) is 5.89. The smallest absolute Gasteiger partial charge is 0.235 e. The van der Waals surface area contributed by atoms with Crippen molar-refractivity contribution >= 4 is 55.6 Å². The van der Waals surface area contributed by atoms with Crippen LogP contribution in [0.2, 0.25) is 0 Å². The van der Waals surface area contributed by atoms with Crippen LogP contribution in [0.5, 0.6) is 0 Å². The number of aromatic nitrogens is 1. The van der Waals surface area contributed by atoms with Crippen LogP contribution < -0.4 is 5.32 Å². The molecule has 0 saturated heterocycles. The molecule has 0 saturated carbocycles. The summed E-state index contributed by atoms with van der Waals surface area (Å²) in [6.45, 7) is 0. The van der Waals surface area contributed by atoms with Crippen molar-refractivity contribution in [1.29, 1.82) is 0 Å². The highest BCUT2D eigenvalue weighted by Gasteiger charge is 2.14. The van der Waals surface area contributed by atoms with Crippen molar-refractivity contribution < 1.29 is 9.18 Å². The Kier molecular flexibility index (Phi) is 5.01. The lowest BCUT2D eigenvalue weighted by atomic mass is 10.3. The number of thioether (sulfide) groups is 1. The highest BCUT2D eigenvalue weighted by atomic mass is 32.2. The summed E-state index contributed by atoms with van der Waals surface area (Å²) in [4.78, 5) is 17.8. The first-order valence-electron chi connectivity index (χ1n) is 7.81. The highest BCUT2D eigenvalue weighted by molar-refractivity contribution is 8.00. The molecular weight excluding hydrogens is 387 g/mol. The summed E-state index contributed by atoms with van der Waals surface area (Å²) in [7, 11) is 0. The third-order valence-electron chi connectivity index (χ3n) is 3.63. The van der Waals surface area contributed by atoms with Crippen LogP contribution in [0, 0.1) is 5.82 Å². The monoisotopic (exact) mass is 400 g/mol. The molecule has 0 unspecified atom stereocenters. The van der Waals surface area contributed by atoms with E-state index in [1.54, 1.807) is 23.5 Å². The number of benzene rings is 2. The average molecular weight is 401 g/mol. The van der Waals surface area contributed by atoms with Gasteiger partial charge in [-0.3, -0.25) is 4.79 Å². The number of carbonyl (C=O) groups excluding carboxylic acids is 1. The zero-order chi connectivity index (χ0) is 17.9. The first kappa shape index (κ1) is 17.2. The number of carbonyl (C=O) groups is 1. The van der Waals surface area contributed by atoms with Crippen LogP contribution in [0.15, 0.2) is 64.9 Å². The topological polar surface area (TPSA) is 42.0 Å². The van der Waals surface area contributed by atoms with Crippen molar-refractivity contribution in [3.05, 3.63) is 65.8 Å². The highest BCUT2D eigenvalue weighted by Crippen LogP contribution is 2.37. The first-order chi connectivity index (χ1) is 12.7. The van der Waals surface area contributed by atoms with E-state index < -0.39 is 0 Å². The van der Waals surface area contributed by atoms with Gasteiger partial charge in [0.05, 0.1) is 16.0 Å². The van der Waals surface area contributed by atoms with Crippen molar-refractivity contribution in [2.75, 3.05) is 11.1 Å². The van der Waals surface area contributed by atoms with E-state index in [0.717, 1.165) is 30.7 Å². The van der Waals surface area contributed by atoms with Gasteiger partial charge in [-0.25, -0.2) is 9.37 Å². The van der Waals surface area contributed by atoms with Crippen LogP contribution in [0.25, 0.3) is 20.8 Å². The molecule has 130 valence electrons. The zero-order valence-electron chi connectivity index (χ0n) is 13.4. The number of hydrogen-bond donors (Lipinski definition) is 1. The molecule has 4 rings (SSSR count). The van der Waals surface area contributed by atoms with Crippen molar-refractivity contribution in [2.24, 2.45) is 0 Å². The van der Waals surface area contributed by atoms with Crippen molar-refractivity contribution in [3.8, 4) is 10.6 Å². The number of amides is 1. The fraction of sp³-hybridized carbons (Fsp3) is 0.0526. The largest absolute Gasteiger partial charge is 0.316 e. The molecule has 3 nitrogen and oxygen atoms in total. The maximum absolute atomic E-state index is 12.9. The van der Waals surface area contributed by atoms with Crippen molar-refractivity contribution in [3.63, 3.8) is 0 Å². The Morgan fingerprint density at radius 2 is 1.92 bits per heavy atom.